The van der Waals surface area contributed by atoms with Crippen LogP contribution in [-0.4, -0.2) is 25.7 Å². The highest BCUT2D eigenvalue weighted by Gasteiger charge is 2.48. The molecule has 1 aliphatic rings. The molecule has 1 aromatic carbocycles. The Labute approximate surface area is 103 Å². The molecule has 1 fully saturated rings. The third kappa shape index (κ3) is 1.84. The third-order valence-electron chi connectivity index (χ3n) is 2.97. The van der Waals surface area contributed by atoms with Crippen LogP contribution in [0, 0.1) is 12.7 Å². The van der Waals surface area contributed by atoms with E-state index < -0.39 is 23.3 Å². The van der Waals surface area contributed by atoms with Crippen LogP contribution in [0.15, 0.2) is 18.2 Å². The first-order valence-corrected chi connectivity index (χ1v) is 5.39. The fourth-order valence-corrected chi connectivity index (χ4v) is 1.95. The Balaban J connectivity index is 2.50. The number of urea groups is 1. The molecule has 1 unspecified atom stereocenters. The molecule has 0 bridgehead atoms. The molecule has 0 radical (unpaired) electrons. The Morgan fingerprint density at radius 3 is 2.61 bits per heavy atom. The van der Waals surface area contributed by atoms with Gasteiger partial charge in [-0.25, -0.2) is 9.18 Å². The van der Waals surface area contributed by atoms with Crippen molar-refractivity contribution in [2.75, 3.05) is 13.7 Å². The van der Waals surface area contributed by atoms with Crippen LogP contribution < -0.4 is 10.6 Å². The fourth-order valence-electron chi connectivity index (χ4n) is 1.95. The summed E-state index contributed by atoms with van der Waals surface area (Å²) in [5, 5.41) is 4.62. The molecular weight excluding hydrogens is 239 g/mol. The minimum Gasteiger partial charge on any atom is -0.381 e. The number of halogens is 1. The highest BCUT2D eigenvalue weighted by atomic mass is 19.1. The number of aryl methyl sites for hydroxylation is 1. The van der Waals surface area contributed by atoms with Gasteiger partial charge in [0.15, 0.2) is 5.54 Å². The number of imide groups is 1. The first-order chi connectivity index (χ1) is 8.49. The van der Waals surface area contributed by atoms with Gasteiger partial charge in [-0.05, 0) is 24.1 Å². The molecule has 96 valence electrons. The number of benzene rings is 1. The molecule has 0 aromatic heterocycles. The molecule has 0 spiro atoms. The van der Waals surface area contributed by atoms with Crippen LogP contribution in [0.4, 0.5) is 9.18 Å². The van der Waals surface area contributed by atoms with Crippen LogP contribution in [-0.2, 0) is 15.1 Å². The van der Waals surface area contributed by atoms with Gasteiger partial charge in [-0.1, -0.05) is 12.1 Å². The summed E-state index contributed by atoms with van der Waals surface area (Å²) in [6.07, 6.45) is 0. The van der Waals surface area contributed by atoms with Gasteiger partial charge in [0.05, 0.1) is 6.61 Å². The quantitative estimate of drug-likeness (QED) is 0.782. The topological polar surface area (TPSA) is 67.4 Å². The average molecular weight is 252 g/mol. The van der Waals surface area contributed by atoms with Crippen molar-refractivity contribution in [2.45, 2.75) is 12.5 Å². The number of amides is 3. The van der Waals surface area contributed by atoms with Crippen molar-refractivity contribution >= 4 is 11.9 Å². The number of ether oxygens (including phenoxy) is 1. The molecule has 1 atom stereocenters. The van der Waals surface area contributed by atoms with Gasteiger partial charge in [-0.3, -0.25) is 10.1 Å². The summed E-state index contributed by atoms with van der Waals surface area (Å²) in [4.78, 5) is 23.2. The van der Waals surface area contributed by atoms with E-state index in [4.69, 9.17) is 4.74 Å². The van der Waals surface area contributed by atoms with E-state index in [1.54, 1.807) is 19.1 Å². The highest BCUT2D eigenvalue weighted by Crippen LogP contribution is 2.26. The Morgan fingerprint density at radius 1 is 1.39 bits per heavy atom. The summed E-state index contributed by atoms with van der Waals surface area (Å²) in [6, 6.07) is 3.78. The van der Waals surface area contributed by atoms with Crippen molar-refractivity contribution < 1.29 is 18.7 Å². The number of hydrogen-bond donors (Lipinski definition) is 2. The van der Waals surface area contributed by atoms with Gasteiger partial charge >= 0.3 is 6.03 Å². The Bertz CT molecular complexity index is 518. The van der Waals surface area contributed by atoms with Gasteiger partial charge in [-0.15, -0.1) is 0 Å². The number of carbonyl (C=O) groups is 2. The van der Waals surface area contributed by atoms with Crippen molar-refractivity contribution in [1.29, 1.82) is 0 Å². The van der Waals surface area contributed by atoms with Crippen LogP contribution in [0.5, 0.6) is 0 Å². The van der Waals surface area contributed by atoms with Crippen molar-refractivity contribution in [1.82, 2.24) is 10.6 Å². The van der Waals surface area contributed by atoms with E-state index in [1.165, 1.54) is 13.2 Å². The fraction of sp³-hybridized carbons (Fsp3) is 0.333. The summed E-state index contributed by atoms with van der Waals surface area (Å²) >= 11 is 0. The standard InChI is InChI=1S/C12H13FN2O3/c1-7-3-4-8(5-9(7)13)12(6-18-2)10(16)14-11(17)15-12/h3-5H,6H2,1-2H3,(H2,14,15,16,17). The predicted octanol–water partition coefficient (Wildman–Crippen LogP) is 0.815. The van der Waals surface area contributed by atoms with E-state index >= 15 is 0 Å². The summed E-state index contributed by atoms with van der Waals surface area (Å²) in [6.45, 7) is 1.56. The summed E-state index contributed by atoms with van der Waals surface area (Å²) in [5.41, 5.74) is -0.535. The molecule has 0 saturated carbocycles. The lowest BCUT2D eigenvalue weighted by Gasteiger charge is -2.25. The van der Waals surface area contributed by atoms with Crippen LogP contribution in [0.2, 0.25) is 0 Å². The number of nitrogens with one attached hydrogen (secondary N) is 2. The van der Waals surface area contributed by atoms with Gasteiger partial charge in [-0.2, -0.15) is 0 Å². The van der Waals surface area contributed by atoms with Crippen molar-refractivity contribution in [3.05, 3.63) is 35.1 Å². The molecule has 2 rings (SSSR count). The third-order valence-corrected chi connectivity index (χ3v) is 2.97. The van der Waals surface area contributed by atoms with E-state index in [0.29, 0.717) is 11.1 Å². The van der Waals surface area contributed by atoms with Gasteiger partial charge in [0.2, 0.25) is 0 Å². The maximum absolute atomic E-state index is 13.6. The average Bonchev–Trinajstić information content (AvgIpc) is 2.59. The molecule has 3 amide bonds. The maximum Gasteiger partial charge on any atom is 0.322 e. The molecule has 0 aliphatic carbocycles. The number of hydrogen-bond acceptors (Lipinski definition) is 3. The van der Waals surface area contributed by atoms with E-state index in [0.717, 1.165) is 0 Å². The van der Waals surface area contributed by atoms with E-state index in [9.17, 15) is 14.0 Å². The Hall–Kier alpha value is -1.95. The van der Waals surface area contributed by atoms with Gasteiger partial charge in [0.25, 0.3) is 5.91 Å². The number of carbonyl (C=O) groups excluding carboxylic acids is 2. The lowest BCUT2D eigenvalue weighted by Crippen LogP contribution is -2.47. The molecule has 18 heavy (non-hydrogen) atoms. The summed E-state index contributed by atoms with van der Waals surface area (Å²) in [5.74, 6) is -0.977. The monoisotopic (exact) mass is 252 g/mol. The zero-order valence-electron chi connectivity index (χ0n) is 10.0. The minimum atomic E-state index is -1.36. The Morgan fingerprint density at radius 2 is 2.11 bits per heavy atom. The van der Waals surface area contributed by atoms with E-state index in [1.807, 2.05) is 0 Å². The van der Waals surface area contributed by atoms with Gasteiger partial charge < -0.3 is 10.1 Å². The largest absolute Gasteiger partial charge is 0.381 e. The molecule has 1 saturated heterocycles. The first kappa shape index (κ1) is 12.5. The van der Waals surface area contributed by atoms with Crippen LogP contribution in [0.25, 0.3) is 0 Å². The number of rotatable bonds is 3. The summed E-state index contributed by atoms with van der Waals surface area (Å²) in [7, 11) is 1.41. The molecule has 1 aliphatic heterocycles. The smallest absolute Gasteiger partial charge is 0.322 e. The second kappa shape index (κ2) is 4.38. The van der Waals surface area contributed by atoms with Crippen LogP contribution in [0.3, 0.4) is 0 Å². The zero-order chi connectivity index (χ0) is 13.3. The second-order valence-electron chi connectivity index (χ2n) is 4.21. The van der Waals surface area contributed by atoms with Crippen molar-refractivity contribution in [3.8, 4) is 0 Å². The molecule has 1 heterocycles. The van der Waals surface area contributed by atoms with Gasteiger partial charge in [0, 0.05) is 7.11 Å². The molecule has 5 nitrogen and oxygen atoms in total. The molecule has 2 N–H and O–H groups in total. The number of methoxy groups -OCH3 is 1. The highest BCUT2D eigenvalue weighted by molar-refractivity contribution is 6.07. The Kier molecular flexibility index (Phi) is 3.04. The maximum atomic E-state index is 13.6. The summed E-state index contributed by atoms with van der Waals surface area (Å²) < 4.78 is 18.6. The van der Waals surface area contributed by atoms with E-state index in [2.05, 4.69) is 10.6 Å². The van der Waals surface area contributed by atoms with Crippen molar-refractivity contribution in [2.24, 2.45) is 0 Å². The molecular formula is C12H13FN2O3. The van der Waals surface area contributed by atoms with Gasteiger partial charge in [0.1, 0.15) is 5.82 Å². The predicted molar refractivity (Wildman–Crippen MR) is 61.4 cm³/mol. The molecule has 6 heteroatoms. The van der Waals surface area contributed by atoms with Crippen LogP contribution >= 0.6 is 0 Å². The second-order valence-corrected chi connectivity index (χ2v) is 4.21. The first-order valence-electron chi connectivity index (χ1n) is 5.39. The minimum absolute atomic E-state index is 0.0624. The zero-order valence-corrected chi connectivity index (χ0v) is 10.0. The lowest BCUT2D eigenvalue weighted by atomic mass is 9.90. The van der Waals surface area contributed by atoms with Crippen LogP contribution in [0.1, 0.15) is 11.1 Å². The van der Waals surface area contributed by atoms with E-state index in [-0.39, 0.29) is 6.61 Å². The normalized spacial score (nSPS) is 22.8. The SMILES string of the molecule is COCC1(c2ccc(C)c(F)c2)NC(=O)NC1=O. The lowest BCUT2D eigenvalue weighted by molar-refractivity contribution is -0.126. The van der Waals surface area contributed by atoms with Crippen molar-refractivity contribution in [3.63, 3.8) is 0 Å². The molecule has 1 aromatic rings.